The number of para-hydroxylation sites is 1. The molecule has 4 heteroatoms. The molecule has 3 nitrogen and oxygen atoms in total. The molecule has 0 radical (unpaired) electrons. The number of unbranched alkanes of at least 4 members (excludes halogenated alkanes) is 2. The summed E-state index contributed by atoms with van der Waals surface area (Å²) in [5.41, 5.74) is 5.90. The number of rotatable bonds is 7. The van der Waals surface area contributed by atoms with Crippen LogP contribution in [0.25, 0.3) is 16.9 Å². The van der Waals surface area contributed by atoms with Crippen molar-refractivity contribution in [1.29, 1.82) is 0 Å². The molecule has 2 aromatic carbocycles. The van der Waals surface area contributed by atoms with Gasteiger partial charge in [0.25, 0.3) is 5.91 Å². The van der Waals surface area contributed by atoms with Crippen molar-refractivity contribution in [3.05, 3.63) is 76.4 Å². The summed E-state index contributed by atoms with van der Waals surface area (Å²) >= 11 is 6.08. The third-order valence-corrected chi connectivity index (χ3v) is 5.31. The van der Waals surface area contributed by atoms with Gasteiger partial charge >= 0.3 is 0 Å². The number of hydrogen-bond donors (Lipinski definition) is 1. The van der Waals surface area contributed by atoms with E-state index < -0.39 is 0 Å². The average molecular weight is 395 g/mol. The zero-order chi connectivity index (χ0) is 20.1. The van der Waals surface area contributed by atoms with Gasteiger partial charge in [-0.25, -0.2) is 0 Å². The van der Waals surface area contributed by atoms with Gasteiger partial charge in [-0.2, -0.15) is 0 Å². The number of aromatic nitrogens is 1. The van der Waals surface area contributed by atoms with Crippen molar-refractivity contribution in [2.45, 2.75) is 40.0 Å². The topological polar surface area (TPSA) is 34.0 Å². The normalized spacial score (nSPS) is 10.9. The van der Waals surface area contributed by atoms with Gasteiger partial charge in [0.05, 0.1) is 11.3 Å². The first kappa shape index (κ1) is 20.2. The minimum absolute atomic E-state index is 0.0175. The molecule has 0 saturated carbocycles. The van der Waals surface area contributed by atoms with Gasteiger partial charge in [-0.05, 0) is 55.7 Å². The Morgan fingerprint density at radius 3 is 2.43 bits per heavy atom. The van der Waals surface area contributed by atoms with E-state index in [9.17, 15) is 4.79 Å². The lowest BCUT2D eigenvalue weighted by Gasteiger charge is -2.15. The summed E-state index contributed by atoms with van der Waals surface area (Å²) in [4.78, 5) is 12.9. The summed E-state index contributed by atoms with van der Waals surface area (Å²) in [7, 11) is 0. The highest BCUT2D eigenvalue weighted by molar-refractivity contribution is 6.30. The lowest BCUT2D eigenvalue weighted by Crippen LogP contribution is -2.24. The Morgan fingerprint density at radius 2 is 1.75 bits per heavy atom. The van der Waals surface area contributed by atoms with Crippen molar-refractivity contribution in [2.24, 2.45) is 0 Å². The molecule has 0 unspecified atom stereocenters. The number of aryl methyl sites for hydroxylation is 1. The monoisotopic (exact) mass is 394 g/mol. The second-order valence-corrected chi connectivity index (χ2v) is 7.56. The second kappa shape index (κ2) is 9.11. The molecule has 28 heavy (non-hydrogen) atoms. The number of carbonyl (C=O) groups is 1. The van der Waals surface area contributed by atoms with Gasteiger partial charge < -0.3 is 9.88 Å². The van der Waals surface area contributed by atoms with Crippen LogP contribution in [-0.4, -0.2) is 17.0 Å². The molecular weight excluding hydrogens is 368 g/mol. The lowest BCUT2D eigenvalue weighted by molar-refractivity contribution is 0.0952. The van der Waals surface area contributed by atoms with Gasteiger partial charge in [-0.15, -0.1) is 0 Å². The zero-order valence-corrected chi connectivity index (χ0v) is 17.5. The zero-order valence-electron chi connectivity index (χ0n) is 16.8. The van der Waals surface area contributed by atoms with Crippen molar-refractivity contribution < 1.29 is 4.79 Å². The SMILES string of the molecule is CCCCCNC(=O)c1cc(-c2ccc(Cl)cc2)n(-c2ccccc2C)c1C. The molecule has 3 rings (SSSR count). The van der Waals surface area contributed by atoms with E-state index in [4.69, 9.17) is 11.6 Å². The van der Waals surface area contributed by atoms with Crippen molar-refractivity contribution in [3.8, 4) is 16.9 Å². The second-order valence-electron chi connectivity index (χ2n) is 7.12. The molecule has 1 N–H and O–H groups in total. The molecule has 1 heterocycles. The van der Waals surface area contributed by atoms with Crippen molar-refractivity contribution in [2.75, 3.05) is 6.54 Å². The first-order chi connectivity index (χ1) is 13.5. The Balaban J connectivity index is 2.06. The highest BCUT2D eigenvalue weighted by Gasteiger charge is 2.20. The minimum Gasteiger partial charge on any atom is -0.352 e. The van der Waals surface area contributed by atoms with Crippen LogP contribution in [0, 0.1) is 13.8 Å². The van der Waals surface area contributed by atoms with E-state index in [1.807, 2.05) is 49.4 Å². The van der Waals surface area contributed by atoms with E-state index in [1.54, 1.807) is 0 Å². The molecular formula is C24H27ClN2O. The number of carbonyl (C=O) groups excluding carboxylic acids is 1. The highest BCUT2D eigenvalue weighted by Crippen LogP contribution is 2.31. The fourth-order valence-electron chi connectivity index (χ4n) is 3.47. The summed E-state index contributed by atoms with van der Waals surface area (Å²) in [5, 5.41) is 3.77. The predicted molar refractivity (Wildman–Crippen MR) is 118 cm³/mol. The van der Waals surface area contributed by atoms with E-state index in [0.29, 0.717) is 17.1 Å². The van der Waals surface area contributed by atoms with Crippen LogP contribution in [0.1, 0.15) is 47.8 Å². The number of benzene rings is 2. The Kier molecular flexibility index (Phi) is 6.58. The van der Waals surface area contributed by atoms with Crippen LogP contribution >= 0.6 is 11.6 Å². The molecule has 0 aliphatic carbocycles. The highest BCUT2D eigenvalue weighted by atomic mass is 35.5. The lowest BCUT2D eigenvalue weighted by atomic mass is 10.1. The first-order valence-electron chi connectivity index (χ1n) is 9.85. The van der Waals surface area contributed by atoms with E-state index >= 15 is 0 Å². The third kappa shape index (κ3) is 4.31. The maximum absolute atomic E-state index is 12.9. The summed E-state index contributed by atoms with van der Waals surface area (Å²) < 4.78 is 2.17. The predicted octanol–water partition coefficient (Wildman–Crippen LogP) is 6.33. The third-order valence-electron chi connectivity index (χ3n) is 5.05. The molecule has 0 aliphatic heterocycles. The molecule has 0 bridgehead atoms. The van der Waals surface area contributed by atoms with Gasteiger partial charge in [0.2, 0.25) is 0 Å². The maximum atomic E-state index is 12.9. The molecule has 1 amide bonds. The van der Waals surface area contributed by atoms with Gasteiger partial charge in [0.15, 0.2) is 0 Å². The maximum Gasteiger partial charge on any atom is 0.253 e. The quantitative estimate of drug-likeness (QED) is 0.466. The van der Waals surface area contributed by atoms with Crippen LogP contribution in [0.2, 0.25) is 5.02 Å². The molecule has 0 aliphatic rings. The van der Waals surface area contributed by atoms with Crippen molar-refractivity contribution >= 4 is 17.5 Å². The largest absolute Gasteiger partial charge is 0.352 e. The van der Waals surface area contributed by atoms with Crippen LogP contribution in [0.15, 0.2) is 54.6 Å². The standard InChI is InChI=1S/C24H27ClN2O/c1-4-5-8-15-26-24(28)21-16-23(19-11-13-20(25)14-12-19)27(18(21)3)22-10-7-6-9-17(22)2/h6-7,9-14,16H,4-5,8,15H2,1-3H3,(H,26,28). The molecule has 146 valence electrons. The number of nitrogens with one attached hydrogen (secondary N) is 1. The Bertz CT molecular complexity index is 957. The molecule has 0 fully saturated rings. The number of hydrogen-bond acceptors (Lipinski definition) is 1. The van der Waals surface area contributed by atoms with Gasteiger partial charge in [0.1, 0.15) is 0 Å². The van der Waals surface area contributed by atoms with E-state index in [2.05, 4.69) is 35.9 Å². The average Bonchev–Trinajstić information content (AvgIpc) is 3.03. The summed E-state index contributed by atoms with van der Waals surface area (Å²) in [6.07, 6.45) is 3.27. The molecule has 0 saturated heterocycles. The van der Waals surface area contributed by atoms with Crippen LogP contribution in [0.3, 0.4) is 0 Å². The number of nitrogens with zero attached hydrogens (tertiary/aromatic N) is 1. The fourth-order valence-corrected chi connectivity index (χ4v) is 3.59. The van der Waals surface area contributed by atoms with E-state index in [0.717, 1.165) is 47.5 Å². The molecule has 0 spiro atoms. The van der Waals surface area contributed by atoms with Crippen LogP contribution in [0.4, 0.5) is 0 Å². The van der Waals surface area contributed by atoms with Crippen molar-refractivity contribution in [1.82, 2.24) is 9.88 Å². The summed E-state index contributed by atoms with van der Waals surface area (Å²) in [6, 6.07) is 18.0. The van der Waals surface area contributed by atoms with Crippen LogP contribution in [-0.2, 0) is 0 Å². The minimum atomic E-state index is -0.0175. The molecule has 0 atom stereocenters. The summed E-state index contributed by atoms with van der Waals surface area (Å²) in [6.45, 7) is 6.96. The van der Waals surface area contributed by atoms with Crippen molar-refractivity contribution in [3.63, 3.8) is 0 Å². The molecule has 3 aromatic rings. The Hall–Kier alpha value is -2.52. The Morgan fingerprint density at radius 1 is 1.04 bits per heavy atom. The fraction of sp³-hybridized carbons (Fsp3) is 0.292. The van der Waals surface area contributed by atoms with Crippen LogP contribution < -0.4 is 5.32 Å². The van der Waals surface area contributed by atoms with Crippen LogP contribution in [0.5, 0.6) is 0 Å². The van der Waals surface area contributed by atoms with E-state index in [1.165, 1.54) is 0 Å². The summed E-state index contributed by atoms with van der Waals surface area (Å²) in [5.74, 6) is -0.0175. The first-order valence-corrected chi connectivity index (χ1v) is 10.2. The van der Waals surface area contributed by atoms with Gasteiger partial charge in [-0.1, -0.05) is 61.7 Å². The number of halogens is 1. The van der Waals surface area contributed by atoms with E-state index in [-0.39, 0.29) is 5.91 Å². The smallest absolute Gasteiger partial charge is 0.253 e. The van der Waals surface area contributed by atoms with Gasteiger partial charge in [-0.3, -0.25) is 4.79 Å². The Labute approximate surface area is 172 Å². The molecule has 1 aromatic heterocycles. The van der Waals surface area contributed by atoms with Gasteiger partial charge in [0, 0.05) is 22.9 Å². The number of amides is 1.